The predicted octanol–water partition coefficient (Wildman–Crippen LogP) is 3.99. The molecule has 134 valence electrons. The van der Waals surface area contributed by atoms with E-state index in [9.17, 15) is 18.0 Å². The first-order valence-electron chi connectivity index (χ1n) is 7.40. The van der Waals surface area contributed by atoms with Crippen molar-refractivity contribution in [3.05, 3.63) is 59.2 Å². The summed E-state index contributed by atoms with van der Waals surface area (Å²) in [6, 6.07) is 9.81. The molecule has 0 radical (unpaired) electrons. The van der Waals surface area contributed by atoms with Gasteiger partial charge in [-0.1, -0.05) is 18.2 Å². The smallest absolute Gasteiger partial charge is 0.416 e. The summed E-state index contributed by atoms with van der Waals surface area (Å²) in [5, 5.41) is 0. The van der Waals surface area contributed by atoms with E-state index in [1.165, 1.54) is 56.5 Å². The molecule has 2 rings (SSSR count). The lowest BCUT2D eigenvalue weighted by atomic mass is 10.1. The predicted molar refractivity (Wildman–Crippen MR) is 86.8 cm³/mol. The highest BCUT2D eigenvalue weighted by Crippen LogP contribution is 2.33. The minimum absolute atomic E-state index is 0.0336. The van der Waals surface area contributed by atoms with Crippen LogP contribution in [0.2, 0.25) is 0 Å². The van der Waals surface area contributed by atoms with Crippen molar-refractivity contribution in [2.45, 2.75) is 12.7 Å². The topological polar surface area (TPSA) is 38.8 Å². The fourth-order valence-electron chi connectivity index (χ4n) is 2.45. The van der Waals surface area contributed by atoms with Crippen LogP contribution in [0, 0.1) is 0 Å². The molecule has 0 N–H and O–H groups in total. The quantitative estimate of drug-likeness (QED) is 0.816. The number of nitrogens with zero attached hydrogens (tertiary/aromatic N) is 1. The SMILES string of the molecule is COc1ccc(C(=O)N(C)Cc2ccccc2C(F)(F)F)cc1OC. The second kappa shape index (κ2) is 7.46. The number of amides is 1. The van der Waals surface area contributed by atoms with Crippen LogP contribution in [-0.2, 0) is 12.7 Å². The molecule has 4 nitrogen and oxygen atoms in total. The summed E-state index contributed by atoms with van der Waals surface area (Å²) in [5.41, 5.74) is -0.419. The molecule has 0 bridgehead atoms. The van der Waals surface area contributed by atoms with Crippen LogP contribution in [0.4, 0.5) is 13.2 Å². The summed E-state index contributed by atoms with van der Waals surface area (Å²) in [6.07, 6.45) is -4.47. The molecule has 0 aliphatic carbocycles. The van der Waals surface area contributed by atoms with E-state index in [1.807, 2.05) is 0 Å². The van der Waals surface area contributed by atoms with Crippen LogP contribution in [0.15, 0.2) is 42.5 Å². The van der Waals surface area contributed by atoms with Crippen molar-refractivity contribution >= 4 is 5.91 Å². The number of alkyl halides is 3. The van der Waals surface area contributed by atoms with Crippen LogP contribution in [0.3, 0.4) is 0 Å². The largest absolute Gasteiger partial charge is 0.493 e. The number of benzene rings is 2. The fourth-order valence-corrected chi connectivity index (χ4v) is 2.45. The van der Waals surface area contributed by atoms with Gasteiger partial charge in [0.05, 0.1) is 19.8 Å². The van der Waals surface area contributed by atoms with Crippen molar-refractivity contribution in [2.75, 3.05) is 21.3 Å². The third-order valence-electron chi connectivity index (χ3n) is 3.71. The first kappa shape index (κ1) is 18.6. The molecule has 0 saturated heterocycles. The number of methoxy groups -OCH3 is 2. The molecule has 0 spiro atoms. The van der Waals surface area contributed by atoms with Gasteiger partial charge in [-0.15, -0.1) is 0 Å². The Labute approximate surface area is 143 Å². The zero-order valence-corrected chi connectivity index (χ0v) is 14.1. The molecule has 0 heterocycles. The van der Waals surface area contributed by atoms with Gasteiger partial charge in [0.15, 0.2) is 11.5 Å². The summed E-state index contributed by atoms with van der Waals surface area (Å²) >= 11 is 0. The van der Waals surface area contributed by atoms with Crippen LogP contribution in [0.5, 0.6) is 11.5 Å². The second-order valence-corrected chi connectivity index (χ2v) is 5.39. The van der Waals surface area contributed by atoms with E-state index in [1.54, 1.807) is 6.07 Å². The van der Waals surface area contributed by atoms with E-state index in [-0.39, 0.29) is 12.1 Å². The molecule has 0 aliphatic heterocycles. The minimum atomic E-state index is -4.47. The van der Waals surface area contributed by atoms with E-state index in [4.69, 9.17) is 9.47 Å². The first-order valence-corrected chi connectivity index (χ1v) is 7.40. The molecule has 25 heavy (non-hydrogen) atoms. The number of carbonyl (C=O) groups is 1. The fraction of sp³-hybridized carbons (Fsp3) is 0.278. The van der Waals surface area contributed by atoms with Gasteiger partial charge >= 0.3 is 6.18 Å². The number of ether oxygens (including phenoxy) is 2. The molecular formula is C18H18F3NO3. The van der Waals surface area contributed by atoms with Gasteiger partial charge in [-0.2, -0.15) is 13.2 Å². The van der Waals surface area contributed by atoms with E-state index in [2.05, 4.69) is 0 Å². The molecule has 0 fully saturated rings. The maximum Gasteiger partial charge on any atom is 0.416 e. The first-order chi connectivity index (χ1) is 11.8. The zero-order valence-electron chi connectivity index (χ0n) is 14.1. The number of hydrogen-bond donors (Lipinski definition) is 0. The molecule has 0 unspecified atom stereocenters. The van der Waals surface area contributed by atoms with Crippen molar-refractivity contribution in [3.8, 4) is 11.5 Å². The summed E-state index contributed by atoms with van der Waals surface area (Å²) in [6.45, 7) is -0.164. The van der Waals surface area contributed by atoms with E-state index < -0.39 is 17.6 Å². The monoisotopic (exact) mass is 353 g/mol. The van der Waals surface area contributed by atoms with Gasteiger partial charge in [0, 0.05) is 19.2 Å². The standard InChI is InChI=1S/C18H18F3NO3/c1-22(11-13-6-4-5-7-14(13)18(19,20)21)17(23)12-8-9-15(24-2)16(10-12)25-3/h4-10H,11H2,1-3H3. The van der Waals surface area contributed by atoms with Gasteiger partial charge in [-0.25, -0.2) is 0 Å². The minimum Gasteiger partial charge on any atom is -0.493 e. The number of hydrogen-bond acceptors (Lipinski definition) is 3. The Hall–Kier alpha value is -2.70. The van der Waals surface area contributed by atoms with Crippen molar-refractivity contribution in [1.82, 2.24) is 4.90 Å². The summed E-state index contributed by atoms with van der Waals surface area (Å²) < 4.78 is 49.5. The maximum absolute atomic E-state index is 13.1. The number of carbonyl (C=O) groups excluding carboxylic acids is 1. The van der Waals surface area contributed by atoms with Gasteiger partial charge in [-0.3, -0.25) is 4.79 Å². The van der Waals surface area contributed by atoms with Crippen molar-refractivity contribution in [1.29, 1.82) is 0 Å². The van der Waals surface area contributed by atoms with Gasteiger partial charge < -0.3 is 14.4 Å². The lowest BCUT2D eigenvalue weighted by Gasteiger charge is -2.20. The molecule has 1 amide bonds. The Morgan fingerprint density at radius 2 is 1.68 bits per heavy atom. The Bertz CT molecular complexity index is 759. The van der Waals surface area contributed by atoms with E-state index in [0.717, 1.165) is 6.07 Å². The Balaban J connectivity index is 2.25. The average molecular weight is 353 g/mol. The molecule has 7 heteroatoms. The van der Waals surface area contributed by atoms with Crippen LogP contribution >= 0.6 is 0 Å². The van der Waals surface area contributed by atoms with Gasteiger partial charge in [0.2, 0.25) is 0 Å². The number of halogens is 3. The normalized spacial score (nSPS) is 11.1. The molecule has 0 aliphatic rings. The van der Waals surface area contributed by atoms with E-state index in [0.29, 0.717) is 17.1 Å². The molecule has 0 aromatic heterocycles. The van der Waals surface area contributed by atoms with Gasteiger partial charge in [0.1, 0.15) is 0 Å². The Morgan fingerprint density at radius 3 is 2.28 bits per heavy atom. The van der Waals surface area contributed by atoms with Crippen molar-refractivity contribution in [2.24, 2.45) is 0 Å². The summed E-state index contributed by atoms with van der Waals surface area (Å²) in [5.74, 6) is 0.416. The second-order valence-electron chi connectivity index (χ2n) is 5.39. The molecule has 0 atom stereocenters. The Morgan fingerprint density at radius 1 is 1.04 bits per heavy atom. The van der Waals surface area contributed by atoms with E-state index >= 15 is 0 Å². The van der Waals surface area contributed by atoms with Crippen LogP contribution in [0.1, 0.15) is 21.5 Å². The molecular weight excluding hydrogens is 335 g/mol. The highest BCUT2D eigenvalue weighted by atomic mass is 19.4. The average Bonchev–Trinajstić information content (AvgIpc) is 2.59. The molecule has 2 aromatic carbocycles. The van der Waals surface area contributed by atoms with Crippen LogP contribution < -0.4 is 9.47 Å². The Kier molecular flexibility index (Phi) is 5.56. The lowest BCUT2D eigenvalue weighted by Crippen LogP contribution is -2.27. The van der Waals surface area contributed by atoms with Gasteiger partial charge in [-0.05, 0) is 29.8 Å². The number of rotatable bonds is 5. The third-order valence-corrected chi connectivity index (χ3v) is 3.71. The molecule has 0 saturated carbocycles. The van der Waals surface area contributed by atoms with Crippen molar-refractivity contribution < 1.29 is 27.4 Å². The van der Waals surface area contributed by atoms with Crippen LogP contribution in [0.25, 0.3) is 0 Å². The summed E-state index contributed by atoms with van der Waals surface area (Å²) in [7, 11) is 4.36. The summed E-state index contributed by atoms with van der Waals surface area (Å²) in [4.78, 5) is 13.8. The highest BCUT2D eigenvalue weighted by Gasteiger charge is 2.33. The van der Waals surface area contributed by atoms with Crippen molar-refractivity contribution in [3.63, 3.8) is 0 Å². The maximum atomic E-state index is 13.1. The highest BCUT2D eigenvalue weighted by molar-refractivity contribution is 5.94. The van der Waals surface area contributed by atoms with Gasteiger partial charge in [0.25, 0.3) is 5.91 Å². The molecule has 2 aromatic rings. The zero-order chi connectivity index (χ0) is 18.6. The lowest BCUT2D eigenvalue weighted by molar-refractivity contribution is -0.138. The third kappa shape index (κ3) is 4.23. The van der Waals surface area contributed by atoms with Crippen LogP contribution in [-0.4, -0.2) is 32.1 Å².